The van der Waals surface area contributed by atoms with E-state index in [1.54, 1.807) is 24.3 Å². The zero-order valence-corrected chi connectivity index (χ0v) is 17.9. The molecule has 1 heterocycles. The Balaban J connectivity index is 0. The van der Waals surface area contributed by atoms with Crippen molar-refractivity contribution in [1.29, 1.82) is 10.8 Å². The number of nitrogens with one attached hydrogen (secondary N) is 2. The summed E-state index contributed by atoms with van der Waals surface area (Å²) in [6.07, 6.45) is 0. The third kappa shape index (κ3) is 6.69. The van der Waals surface area contributed by atoms with Crippen molar-refractivity contribution in [3.63, 3.8) is 0 Å². The largest absolute Gasteiger partial charge is 0.412 e. The number of rotatable bonds is 4. The highest BCUT2D eigenvalue weighted by Gasteiger charge is 2.08. The molecule has 8 N–H and O–H groups in total. The van der Waals surface area contributed by atoms with Crippen LogP contribution in [0, 0.1) is 17.7 Å². The minimum absolute atomic E-state index is 0. The molecule has 0 amide bonds. The molecular formula is C19H23Cl3N6O. The Morgan fingerprint density at radius 3 is 1.55 bits per heavy atom. The van der Waals surface area contributed by atoms with Gasteiger partial charge in [0.15, 0.2) is 5.82 Å². The Morgan fingerprint density at radius 1 is 0.724 bits per heavy atom. The molecule has 1 aromatic heterocycles. The Labute approximate surface area is 187 Å². The minimum Gasteiger partial charge on any atom is -0.412 e. The third-order valence-corrected chi connectivity index (χ3v) is 3.80. The molecule has 0 saturated carbocycles. The second kappa shape index (κ2) is 12.0. The smallest absolute Gasteiger partial charge is 0.160 e. The number of nitrogen functional groups attached to an aromatic ring is 2. The number of nitrogens with two attached hydrogens (primary N) is 2. The van der Waals surface area contributed by atoms with Gasteiger partial charge >= 0.3 is 0 Å². The molecule has 0 saturated heterocycles. The fourth-order valence-electron chi connectivity index (χ4n) is 2.46. The van der Waals surface area contributed by atoms with Gasteiger partial charge in [-0.15, -0.1) is 37.2 Å². The summed E-state index contributed by atoms with van der Waals surface area (Å²) in [6.45, 7) is 1.92. The zero-order valence-electron chi connectivity index (χ0n) is 15.5. The molecule has 7 nitrogen and oxygen atoms in total. The first-order valence-corrected chi connectivity index (χ1v) is 7.69. The molecule has 0 aliphatic heterocycles. The predicted octanol–water partition coefficient (Wildman–Crippen LogP) is 3.13. The molecule has 0 atom stereocenters. The van der Waals surface area contributed by atoms with Gasteiger partial charge in [0.2, 0.25) is 0 Å². The molecule has 2 aromatic carbocycles. The monoisotopic (exact) mass is 456 g/mol. The molecule has 0 bridgehead atoms. The fourth-order valence-corrected chi connectivity index (χ4v) is 2.46. The summed E-state index contributed by atoms with van der Waals surface area (Å²) in [5.74, 6) is 0.681. The molecular weight excluding hydrogens is 435 g/mol. The summed E-state index contributed by atoms with van der Waals surface area (Å²) in [6, 6.07) is 16.6. The highest BCUT2D eigenvalue weighted by Crippen LogP contribution is 2.23. The van der Waals surface area contributed by atoms with Crippen LogP contribution in [0.2, 0.25) is 0 Å². The van der Waals surface area contributed by atoms with Crippen LogP contribution in [-0.2, 0) is 0 Å². The molecule has 10 heteroatoms. The highest BCUT2D eigenvalue weighted by molar-refractivity contribution is 5.95. The van der Waals surface area contributed by atoms with Crippen molar-refractivity contribution in [3.05, 3.63) is 71.4 Å². The lowest BCUT2D eigenvalue weighted by molar-refractivity contribution is 0.824. The summed E-state index contributed by atoms with van der Waals surface area (Å²) in [5.41, 5.74) is 15.8. The van der Waals surface area contributed by atoms with Gasteiger partial charge in [-0.1, -0.05) is 48.5 Å². The van der Waals surface area contributed by atoms with Gasteiger partial charge in [0.05, 0.1) is 5.69 Å². The van der Waals surface area contributed by atoms with Gasteiger partial charge in [-0.25, -0.2) is 9.97 Å². The van der Waals surface area contributed by atoms with Crippen LogP contribution in [0.25, 0.3) is 22.6 Å². The summed E-state index contributed by atoms with van der Waals surface area (Å²) >= 11 is 0. The number of amidine groups is 2. The summed E-state index contributed by atoms with van der Waals surface area (Å²) in [7, 11) is 0. The van der Waals surface area contributed by atoms with Gasteiger partial charge in [-0.05, 0) is 13.0 Å². The van der Waals surface area contributed by atoms with Crippen LogP contribution in [0.1, 0.15) is 16.8 Å². The quantitative estimate of drug-likeness (QED) is 0.350. The number of nitrogens with zero attached hydrogens (tertiary/aromatic N) is 2. The summed E-state index contributed by atoms with van der Waals surface area (Å²) in [5, 5.41) is 14.9. The lowest BCUT2D eigenvalue weighted by atomic mass is 10.1. The molecule has 29 heavy (non-hydrogen) atoms. The predicted molar refractivity (Wildman–Crippen MR) is 125 cm³/mol. The number of aryl methyl sites for hydroxylation is 1. The number of hydrogen-bond donors (Lipinski definition) is 4. The van der Waals surface area contributed by atoms with Crippen LogP contribution in [-0.4, -0.2) is 27.1 Å². The topological polar surface area (TPSA) is 157 Å². The van der Waals surface area contributed by atoms with Crippen LogP contribution in [0.3, 0.4) is 0 Å². The molecule has 3 rings (SSSR count). The van der Waals surface area contributed by atoms with Crippen LogP contribution in [0.15, 0.2) is 54.6 Å². The van der Waals surface area contributed by atoms with E-state index in [2.05, 4.69) is 9.97 Å². The van der Waals surface area contributed by atoms with Crippen molar-refractivity contribution >= 4 is 48.9 Å². The normalized spacial score (nSPS) is 9.00. The van der Waals surface area contributed by atoms with Crippen molar-refractivity contribution in [2.24, 2.45) is 11.5 Å². The lowest BCUT2D eigenvalue weighted by Gasteiger charge is -2.08. The van der Waals surface area contributed by atoms with Crippen molar-refractivity contribution in [2.75, 3.05) is 0 Å². The second-order valence-corrected chi connectivity index (χ2v) is 5.70. The van der Waals surface area contributed by atoms with E-state index in [9.17, 15) is 0 Å². The average Bonchev–Trinajstić information content (AvgIpc) is 2.61. The molecule has 0 radical (unpaired) electrons. The van der Waals surface area contributed by atoms with E-state index >= 15 is 0 Å². The number of aromatic nitrogens is 2. The van der Waals surface area contributed by atoms with E-state index in [1.165, 1.54) is 0 Å². The van der Waals surface area contributed by atoms with Crippen molar-refractivity contribution in [2.45, 2.75) is 6.92 Å². The molecule has 0 aliphatic rings. The van der Waals surface area contributed by atoms with Crippen LogP contribution in [0.4, 0.5) is 0 Å². The Morgan fingerprint density at radius 2 is 1.14 bits per heavy atom. The molecule has 0 spiro atoms. The van der Waals surface area contributed by atoms with E-state index in [0.717, 1.165) is 22.5 Å². The summed E-state index contributed by atoms with van der Waals surface area (Å²) < 4.78 is 0. The zero-order chi connectivity index (χ0) is 18.0. The lowest BCUT2D eigenvalue weighted by Crippen LogP contribution is -2.10. The molecule has 3 aromatic rings. The van der Waals surface area contributed by atoms with Gasteiger partial charge in [0.25, 0.3) is 0 Å². The Hall–Kier alpha value is -2.71. The van der Waals surface area contributed by atoms with E-state index in [1.807, 2.05) is 37.3 Å². The van der Waals surface area contributed by atoms with E-state index in [0.29, 0.717) is 17.0 Å². The van der Waals surface area contributed by atoms with Crippen LogP contribution in [0.5, 0.6) is 0 Å². The number of halogens is 3. The SMILES string of the molecule is Cc1cc(-c2ccc(C(=N)N)cc2)nc(-c2ccc(C(=N)N)cc2)n1.Cl.Cl.Cl.O. The molecule has 0 aliphatic carbocycles. The molecule has 0 fully saturated rings. The Kier molecular flexibility index (Phi) is 11.8. The standard InChI is InChI=1S/C19H18N6.3ClH.H2O/c1-11-10-16(12-2-4-13(5-3-12)17(20)21)25-19(24-11)15-8-6-14(7-9-15)18(22)23;;;;/h2-10H,1H3,(H3,20,21)(H3,22,23);3*1H;1H2. The second-order valence-electron chi connectivity index (χ2n) is 5.70. The fraction of sp³-hybridized carbons (Fsp3) is 0.0526. The Bertz CT molecular complexity index is 887. The maximum absolute atomic E-state index is 7.47. The third-order valence-electron chi connectivity index (χ3n) is 3.80. The van der Waals surface area contributed by atoms with Crippen LogP contribution < -0.4 is 11.5 Å². The van der Waals surface area contributed by atoms with Gasteiger partial charge < -0.3 is 16.9 Å². The van der Waals surface area contributed by atoms with Gasteiger partial charge in [0.1, 0.15) is 11.7 Å². The first kappa shape index (κ1) is 28.5. The van der Waals surface area contributed by atoms with E-state index in [-0.39, 0.29) is 54.4 Å². The average molecular weight is 458 g/mol. The van der Waals surface area contributed by atoms with Gasteiger partial charge in [0, 0.05) is 27.9 Å². The van der Waals surface area contributed by atoms with Gasteiger partial charge in [-0.2, -0.15) is 0 Å². The van der Waals surface area contributed by atoms with E-state index in [4.69, 9.17) is 22.3 Å². The van der Waals surface area contributed by atoms with Crippen molar-refractivity contribution in [1.82, 2.24) is 9.97 Å². The molecule has 156 valence electrons. The van der Waals surface area contributed by atoms with E-state index < -0.39 is 0 Å². The number of hydrogen-bond acceptors (Lipinski definition) is 4. The first-order chi connectivity index (χ1) is 11.9. The van der Waals surface area contributed by atoms with Crippen LogP contribution >= 0.6 is 37.2 Å². The summed E-state index contributed by atoms with van der Waals surface area (Å²) in [4.78, 5) is 9.14. The number of benzene rings is 2. The molecule has 0 unspecified atom stereocenters. The van der Waals surface area contributed by atoms with Gasteiger partial charge in [-0.3, -0.25) is 10.8 Å². The maximum Gasteiger partial charge on any atom is 0.160 e. The first-order valence-electron chi connectivity index (χ1n) is 7.69. The van der Waals surface area contributed by atoms with Crippen molar-refractivity contribution < 1.29 is 5.48 Å². The minimum atomic E-state index is 0. The highest BCUT2D eigenvalue weighted by atomic mass is 35.5. The maximum atomic E-state index is 7.47. The van der Waals surface area contributed by atoms with Crippen molar-refractivity contribution in [3.8, 4) is 22.6 Å².